The maximum atomic E-state index is 5.48. The molecule has 0 heterocycles. The quantitative estimate of drug-likeness (QED) is 0.606. The second-order valence-electron chi connectivity index (χ2n) is 3.22. The van der Waals surface area contributed by atoms with Crippen LogP contribution in [0.3, 0.4) is 0 Å². The molecular formula is C7H15NO. The zero-order valence-electron chi connectivity index (χ0n) is 6.18. The van der Waals surface area contributed by atoms with Crippen molar-refractivity contribution in [2.24, 2.45) is 17.1 Å². The molecule has 2 heteroatoms. The van der Waals surface area contributed by atoms with Gasteiger partial charge < -0.3 is 10.5 Å². The molecular weight excluding hydrogens is 114 g/mol. The Labute approximate surface area is 56.4 Å². The van der Waals surface area contributed by atoms with Crippen molar-refractivity contribution in [1.82, 2.24) is 0 Å². The van der Waals surface area contributed by atoms with E-state index in [-0.39, 0.29) is 0 Å². The molecule has 0 aromatic heterocycles. The van der Waals surface area contributed by atoms with E-state index < -0.39 is 0 Å². The lowest BCUT2D eigenvalue weighted by Gasteiger charge is -2.06. The molecule has 1 saturated carbocycles. The molecule has 0 radical (unpaired) electrons. The molecule has 2 atom stereocenters. The average Bonchev–Trinajstić information content (AvgIpc) is 2.43. The molecule has 1 aliphatic carbocycles. The summed E-state index contributed by atoms with van der Waals surface area (Å²) in [6, 6.07) is 0. The zero-order valence-corrected chi connectivity index (χ0v) is 6.18. The predicted octanol–water partition coefficient (Wildman–Crippen LogP) is 0.618. The number of methoxy groups -OCH3 is 1. The molecule has 0 aromatic rings. The average molecular weight is 129 g/mol. The Morgan fingerprint density at radius 1 is 1.78 bits per heavy atom. The van der Waals surface area contributed by atoms with Crippen LogP contribution in [0, 0.1) is 11.3 Å². The van der Waals surface area contributed by atoms with E-state index in [4.69, 9.17) is 10.5 Å². The molecule has 1 aliphatic rings. The lowest BCUT2D eigenvalue weighted by molar-refractivity contribution is 0.142. The van der Waals surface area contributed by atoms with Gasteiger partial charge in [-0.25, -0.2) is 0 Å². The number of nitrogens with two attached hydrogens (primary N) is 1. The van der Waals surface area contributed by atoms with Crippen LogP contribution in [0.25, 0.3) is 0 Å². The highest BCUT2D eigenvalue weighted by Gasteiger charge is 2.48. The molecule has 0 aromatic carbocycles. The number of ether oxygens (including phenoxy) is 1. The number of rotatable bonds is 3. The van der Waals surface area contributed by atoms with Gasteiger partial charge in [0, 0.05) is 7.11 Å². The topological polar surface area (TPSA) is 35.2 Å². The third-order valence-corrected chi connectivity index (χ3v) is 2.30. The first-order chi connectivity index (χ1) is 4.23. The Morgan fingerprint density at radius 3 is 2.78 bits per heavy atom. The summed E-state index contributed by atoms with van der Waals surface area (Å²) >= 11 is 0. The SMILES string of the molecule is COCC1(C)CC1CN. The van der Waals surface area contributed by atoms with E-state index in [1.807, 2.05) is 0 Å². The third kappa shape index (κ3) is 1.25. The smallest absolute Gasteiger partial charge is 0.0519 e. The van der Waals surface area contributed by atoms with Gasteiger partial charge in [0.05, 0.1) is 6.61 Å². The van der Waals surface area contributed by atoms with E-state index in [2.05, 4.69) is 6.92 Å². The molecule has 0 amide bonds. The highest BCUT2D eigenvalue weighted by Crippen LogP contribution is 2.51. The molecule has 54 valence electrons. The minimum Gasteiger partial charge on any atom is -0.384 e. The fraction of sp³-hybridized carbons (Fsp3) is 1.00. The van der Waals surface area contributed by atoms with Crippen molar-refractivity contribution >= 4 is 0 Å². The summed E-state index contributed by atoms with van der Waals surface area (Å²) in [5, 5.41) is 0. The highest BCUT2D eigenvalue weighted by molar-refractivity contribution is 4.98. The molecule has 9 heavy (non-hydrogen) atoms. The van der Waals surface area contributed by atoms with Crippen LogP contribution in [-0.2, 0) is 4.74 Å². The van der Waals surface area contributed by atoms with Gasteiger partial charge in [-0.2, -0.15) is 0 Å². The molecule has 1 rings (SSSR count). The third-order valence-electron chi connectivity index (χ3n) is 2.30. The normalized spacial score (nSPS) is 41.0. The molecule has 2 nitrogen and oxygen atoms in total. The van der Waals surface area contributed by atoms with E-state index in [9.17, 15) is 0 Å². The summed E-state index contributed by atoms with van der Waals surface area (Å²) in [5.74, 6) is 0.720. The van der Waals surface area contributed by atoms with Crippen LogP contribution in [0.5, 0.6) is 0 Å². The van der Waals surface area contributed by atoms with Crippen molar-refractivity contribution in [1.29, 1.82) is 0 Å². The van der Waals surface area contributed by atoms with Gasteiger partial charge in [-0.15, -0.1) is 0 Å². The maximum absolute atomic E-state index is 5.48. The zero-order chi connectivity index (χ0) is 6.91. The van der Waals surface area contributed by atoms with Crippen LogP contribution < -0.4 is 5.73 Å². The highest BCUT2D eigenvalue weighted by atomic mass is 16.5. The van der Waals surface area contributed by atoms with Gasteiger partial charge in [0.15, 0.2) is 0 Å². The van der Waals surface area contributed by atoms with E-state index in [1.165, 1.54) is 6.42 Å². The standard InChI is InChI=1S/C7H15NO/c1-7(5-9-2)3-6(7)4-8/h6H,3-5,8H2,1-2H3. The second kappa shape index (κ2) is 2.27. The number of hydrogen-bond acceptors (Lipinski definition) is 2. The Morgan fingerprint density at radius 2 is 2.44 bits per heavy atom. The summed E-state index contributed by atoms with van der Waals surface area (Å²) in [4.78, 5) is 0. The van der Waals surface area contributed by atoms with Crippen LogP contribution in [0.2, 0.25) is 0 Å². The van der Waals surface area contributed by atoms with Crippen molar-refractivity contribution in [3.8, 4) is 0 Å². The van der Waals surface area contributed by atoms with Crippen molar-refractivity contribution in [3.63, 3.8) is 0 Å². The minimum atomic E-state index is 0.420. The minimum absolute atomic E-state index is 0.420. The van der Waals surface area contributed by atoms with Gasteiger partial charge in [0.1, 0.15) is 0 Å². The monoisotopic (exact) mass is 129 g/mol. The lowest BCUT2D eigenvalue weighted by Crippen LogP contribution is -2.12. The lowest BCUT2D eigenvalue weighted by atomic mass is 10.1. The van der Waals surface area contributed by atoms with Gasteiger partial charge >= 0.3 is 0 Å². The van der Waals surface area contributed by atoms with Crippen molar-refractivity contribution < 1.29 is 4.74 Å². The van der Waals surface area contributed by atoms with E-state index in [0.29, 0.717) is 5.41 Å². The van der Waals surface area contributed by atoms with Crippen molar-refractivity contribution in [3.05, 3.63) is 0 Å². The Hall–Kier alpha value is -0.0800. The predicted molar refractivity (Wildman–Crippen MR) is 37.1 cm³/mol. The van der Waals surface area contributed by atoms with E-state index in [1.54, 1.807) is 7.11 Å². The summed E-state index contributed by atoms with van der Waals surface area (Å²) in [5.41, 5.74) is 5.90. The van der Waals surface area contributed by atoms with Gasteiger partial charge in [-0.1, -0.05) is 6.92 Å². The molecule has 2 unspecified atom stereocenters. The Balaban J connectivity index is 2.25. The van der Waals surface area contributed by atoms with Crippen LogP contribution in [0.1, 0.15) is 13.3 Å². The largest absolute Gasteiger partial charge is 0.384 e. The van der Waals surface area contributed by atoms with Crippen molar-refractivity contribution in [2.45, 2.75) is 13.3 Å². The molecule has 0 aliphatic heterocycles. The first-order valence-corrected chi connectivity index (χ1v) is 3.42. The van der Waals surface area contributed by atoms with Crippen LogP contribution in [0.4, 0.5) is 0 Å². The molecule has 0 saturated heterocycles. The second-order valence-corrected chi connectivity index (χ2v) is 3.22. The van der Waals surface area contributed by atoms with Crippen molar-refractivity contribution in [2.75, 3.05) is 20.3 Å². The van der Waals surface area contributed by atoms with Crippen LogP contribution in [0.15, 0.2) is 0 Å². The van der Waals surface area contributed by atoms with Gasteiger partial charge in [0.25, 0.3) is 0 Å². The first-order valence-electron chi connectivity index (χ1n) is 3.42. The molecule has 0 spiro atoms. The van der Waals surface area contributed by atoms with E-state index >= 15 is 0 Å². The molecule has 2 N–H and O–H groups in total. The van der Waals surface area contributed by atoms with Gasteiger partial charge in [-0.3, -0.25) is 0 Å². The van der Waals surface area contributed by atoms with Crippen LogP contribution >= 0.6 is 0 Å². The molecule has 0 bridgehead atoms. The fourth-order valence-electron chi connectivity index (χ4n) is 1.38. The summed E-state index contributed by atoms with van der Waals surface area (Å²) < 4.78 is 5.05. The summed E-state index contributed by atoms with van der Waals surface area (Å²) in [6.07, 6.45) is 1.25. The Kier molecular flexibility index (Phi) is 1.78. The van der Waals surface area contributed by atoms with Crippen LogP contribution in [-0.4, -0.2) is 20.3 Å². The molecule has 1 fully saturated rings. The van der Waals surface area contributed by atoms with Gasteiger partial charge in [0.2, 0.25) is 0 Å². The van der Waals surface area contributed by atoms with E-state index in [0.717, 1.165) is 19.1 Å². The number of hydrogen-bond donors (Lipinski definition) is 1. The summed E-state index contributed by atoms with van der Waals surface area (Å²) in [7, 11) is 1.75. The first kappa shape index (κ1) is 7.03. The fourth-order valence-corrected chi connectivity index (χ4v) is 1.38. The summed E-state index contributed by atoms with van der Waals surface area (Å²) in [6.45, 7) is 3.92. The van der Waals surface area contributed by atoms with Gasteiger partial charge in [-0.05, 0) is 24.3 Å². The maximum Gasteiger partial charge on any atom is 0.0519 e. The Bertz CT molecular complexity index is 105.